The first-order valence-electron chi connectivity index (χ1n) is 8.88. The van der Waals surface area contributed by atoms with Crippen LogP contribution in [0.4, 0.5) is 19.0 Å². The quantitative estimate of drug-likeness (QED) is 0.464. The Morgan fingerprint density at radius 2 is 1.83 bits per heavy atom. The molecule has 0 spiro atoms. The van der Waals surface area contributed by atoms with Crippen molar-refractivity contribution in [2.45, 2.75) is 24.8 Å². The number of hydrogen-bond acceptors (Lipinski definition) is 3. The highest BCUT2D eigenvalue weighted by Gasteiger charge is 2.47. The second-order valence-corrected chi connectivity index (χ2v) is 6.99. The van der Waals surface area contributed by atoms with Gasteiger partial charge in [-0.1, -0.05) is 11.7 Å². The molecule has 1 aliphatic carbocycles. The largest absolute Gasteiger partial charge is 0.360 e. The summed E-state index contributed by atoms with van der Waals surface area (Å²) in [7, 11) is 0. The number of nitrogens with zero attached hydrogens (tertiary/aromatic N) is 6. The van der Waals surface area contributed by atoms with Crippen LogP contribution < -0.4 is 0 Å². The monoisotopic (exact) mass is 394 g/mol. The first kappa shape index (κ1) is 17.4. The van der Waals surface area contributed by atoms with Crippen LogP contribution in [0.15, 0.2) is 48.9 Å². The Morgan fingerprint density at radius 1 is 1.07 bits per heavy atom. The molecule has 3 heterocycles. The van der Waals surface area contributed by atoms with Crippen molar-refractivity contribution in [2.75, 3.05) is 0 Å². The summed E-state index contributed by atoms with van der Waals surface area (Å²) in [6, 6.07) is 8.81. The third kappa shape index (κ3) is 2.84. The molecule has 9 heteroatoms. The van der Waals surface area contributed by atoms with Crippen LogP contribution in [0.3, 0.4) is 0 Å². The van der Waals surface area contributed by atoms with Crippen molar-refractivity contribution in [3.63, 3.8) is 0 Å². The van der Waals surface area contributed by atoms with E-state index in [2.05, 4.69) is 19.9 Å². The number of benzene rings is 1. The van der Waals surface area contributed by atoms with E-state index in [1.54, 1.807) is 28.8 Å². The lowest BCUT2D eigenvalue weighted by molar-refractivity contribution is -0.103. The maximum atomic E-state index is 13.5. The smallest absolute Gasteiger partial charge is 0.275 e. The maximum absolute atomic E-state index is 13.5. The molecule has 1 fully saturated rings. The Kier molecular flexibility index (Phi) is 3.71. The van der Waals surface area contributed by atoms with Crippen LogP contribution in [0.1, 0.15) is 18.9 Å². The molecule has 1 aliphatic rings. The Balaban J connectivity index is 1.70. The van der Waals surface area contributed by atoms with E-state index in [9.17, 15) is 13.2 Å². The molecule has 3 aromatic heterocycles. The number of fused-ring (bicyclic) bond motifs is 1. The Hall–Kier alpha value is -3.67. The van der Waals surface area contributed by atoms with E-state index in [1.165, 1.54) is 29.2 Å². The van der Waals surface area contributed by atoms with Crippen LogP contribution in [0.2, 0.25) is 0 Å². The van der Waals surface area contributed by atoms with Crippen LogP contribution in [-0.4, -0.2) is 30.1 Å². The highest BCUT2D eigenvalue weighted by molar-refractivity contribution is 5.77. The topological polar surface area (TPSA) is 52.4 Å². The van der Waals surface area contributed by atoms with Crippen molar-refractivity contribution in [2.24, 2.45) is 0 Å². The fraction of sp³-hybridized carbons (Fsp3) is 0.200. The first-order valence-corrected chi connectivity index (χ1v) is 8.88. The van der Waals surface area contributed by atoms with E-state index in [0.717, 1.165) is 0 Å². The summed E-state index contributed by atoms with van der Waals surface area (Å²) >= 11 is 0. The number of imidazole rings is 2. The van der Waals surface area contributed by atoms with Gasteiger partial charge in [-0.05, 0) is 30.3 Å². The van der Waals surface area contributed by atoms with Gasteiger partial charge in [-0.2, -0.15) is 0 Å². The molecule has 29 heavy (non-hydrogen) atoms. The van der Waals surface area contributed by atoms with Crippen LogP contribution in [0.25, 0.3) is 33.1 Å². The van der Waals surface area contributed by atoms with E-state index in [4.69, 9.17) is 6.57 Å². The van der Waals surface area contributed by atoms with Gasteiger partial charge in [0.1, 0.15) is 11.5 Å². The number of rotatable bonds is 3. The van der Waals surface area contributed by atoms with Crippen molar-refractivity contribution in [1.29, 1.82) is 0 Å². The molecule has 144 valence electrons. The van der Waals surface area contributed by atoms with E-state index >= 15 is 0 Å². The summed E-state index contributed by atoms with van der Waals surface area (Å²) in [6.07, 6.45) is 2.38. The van der Waals surface area contributed by atoms with Gasteiger partial charge in [0.05, 0.1) is 23.9 Å². The molecule has 0 unspecified atom stereocenters. The molecule has 5 rings (SSSR count). The number of halogens is 3. The van der Waals surface area contributed by atoms with Gasteiger partial charge >= 0.3 is 0 Å². The van der Waals surface area contributed by atoms with Gasteiger partial charge in [0.25, 0.3) is 11.7 Å². The summed E-state index contributed by atoms with van der Waals surface area (Å²) in [4.78, 5) is 12.0. The molecule has 0 saturated heterocycles. The minimum Gasteiger partial charge on any atom is -0.360 e. The number of aromatic nitrogens is 5. The van der Waals surface area contributed by atoms with E-state index in [1.807, 2.05) is 0 Å². The summed E-state index contributed by atoms with van der Waals surface area (Å²) in [5.74, 6) is -2.83. The highest BCUT2D eigenvalue weighted by Crippen LogP contribution is 2.47. The molecule has 0 aliphatic heterocycles. The lowest BCUT2D eigenvalue weighted by Crippen LogP contribution is -2.37. The van der Waals surface area contributed by atoms with Gasteiger partial charge < -0.3 is 9.41 Å². The lowest BCUT2D eigenvalue weighted by Gasteiger charge is -2.36. The molecule has 0 bridgehead atoms. The molecule has 4 aromatic rings. The molecule has 0 radical (unpaired) electrons. The minimum atomic E-state index is -2.69. The van der Waals surface area contributed by atoms with Gasteiger partial charge in [0.2, 0.25) is 5.65 Å². The molecule has 6 nitrogen and oxygen atoms in total. The van der Waals surface area contributed by atoms with Crippen molar-refractivity contribution in [3.05, 3.63) is 66.2 Å². The average molecular weight is 394 g/mol. The van der Waals surface area contributed by atoms with E-state index < -0.39 is 12.0 Å². The number of hydrogen-bond donors (Lipinski definition) is 0. The van der Waals surface area contributed by atoms with Crippen LogP contribution in [0, 0.1) is 12.4 Å². The third-order valence-corrected chi connectivity index (χ3v) is 5.07. The summed E-state index contributed by atoms with van der Waals surface area (Å²) < 4.78 is 43.5. The predicted molar refractivity (Wildman–Crippen MR) is 99.1 cm³/mol. The van der Waals surface area contributed by atoms with Gasteiger partial charge in [0, 0.05) is 30.5 Å². The fourth-order valence-electron chi connectivity index (χ4n) is 3.60. The summed E-state index contributed by atoms with van der Waals surface area (Å²) in [6.45, 7) is 7.27. The van der Waals surface area contributed by atoms with Gasteiger partial charge in [-0.25, -0.2) is 23.1 Å². The van der Waals surface area contributed by atoms with E-state index in [-0.39, 0.29) is 24.5 Å². The molecular weight excluding hydrogens is 381 g/mol. The van der Waals surface area contributed by atoms with Gasteiger partial charge in [-0.15, -0.1) is 4.52 Å². The molecule has 1 saturated carbocycles. The van der Waals surface area contributed by atoms with Crippen LogP contribution >= 0.6 is 0 Å². The maximum Gasteiger partial charge on any atom is 0.275 e. The van der Waals surface area contributed by atoms with Gasteiger partial charge in [-0.3, -0.25) is 0 Å². The van der Waals surface area contributed by atoms with Crippen molar-refractivity contribution in [1.82, 2.24) is 24.1 Å². The highest BCUT2D eigenvalue weighted by atomic mass is 19.3. The molecule has 0 N–H and O–H groups in total. The van der Waals surface area contributed by atoms with E-state index in [0.29, 0.717) is 28.3 Å². The normalized spacial score (nSPS) is 15.9. The third-order valence-electron chi connectivity index (χ3n) is 5.07. The first-order chi connectivity index (χ1) is 13.9. The second kappa shape index (κ2) is 6.17. The fourth-order valence-corrected chi connectivity index (χ4v) is 3.60. The summed E-state index contributed by atoms with van der Waals surface area (Å²) in [5, 5.41) is 4.51. The van der Waals surface area contributed by atoms with Crippen LogP contribution in [0.5, 0.6) is 0 Å². The molecular formula is C20H13F3N6. The molecule has 0 amide bonds. The van der Waals surface area contributed by atoms with Gasteiger partial charge in [0.15, 0.2) is 0 Å². The second-order valence-electron chi connectivity index (χ2n) is 6.99. The Morgan fingerprint density at radius 3 is 2.52 bits per heavy atom. The molecule has 1 aromatic carbocycles. The van der Waals surface area contributed by atoms with Crippen molar-refractivity contribution in [3.8, 4) is 22.6 Å². The predicted octanol–water partition coefficient (Wildman–Crippen LogP) is 4.92. The number of alkyl halides is 2. The van der Waals surface area contributed by atoms with Crippen molar-refractivity contribution >= 4 is 11.5 Å². The minimum absolute atomic E-state index is 0.242. The Bertz CT molecular complexity index is 1260. The Labute approximate surface area is 163 Å². The molecule has 0 atom stereocenters. The zero-order chi connectivity index (χ0) is 20.2. The average Bonchev–Trinajstić information content (AvgIpc) is 3.30. The summed E-state index contributed by atoms with van der Waals surface area (Å²) in [5.41, 5.74) is 2.67. The SMILES string of the molecule is [C-]#[N+]c1cnc2ccc(-c3c(-c4ccc(F)cc4)ncn3C3CC(F)(F)C3)nn12. The van der Waals surface area contributed by atoms with Crippen molar-refractivity contribution < 1.29 is 13.2 Å². The lowest BCUT2D eigenvalue weighted by atomic mass is 9.87. The zero-order valence-corrected chi connectivity index (χ0v) is 14.9. The standard InChI is InChI=1S/C20H13F3N6/c1-24-17-10-25-16-7-6-15(27-29(16)17)19-18(12-2-4-13(21)5-3-12)26-11-28(19)14-8-20(22,23)9-14/h2-7,10-11,14H,8-9H2. The zero-order valence-electron chi connectivity index (χ0n) is 14.9. The van der Waals surface area contributed by atoms with Crippen LogP contribution in [-0.2, 0) is 0 Å².